The van der Waals surface area contributed by atoms with Gasteiger partial charge in [0.1, 0.15) is 0 Å². The minimum Gasteiger partial charge on any atom is -0.317 e. The summed E-state index contributed by atoms with van der Waals surface area (Å²) in [4.78, 5) is 19.8. The van der Waals surface area contributed by atoms with Gasteiger partial charge in [0.25, 0.3) is 5.56 Å². The molecule has 0 amide bonds. The van der Waals surface area contributed by atoms with Crippen LogP contribution in [0.4, 0.5) is 0 Å². The van der Waals surface area contributed by atoms with Gasteiger partial charge in [0.05, 0.1) is 0 Å². The molecule has 5 heteroatoms. The van der Waals surface area contributed by atoms with E-state index in [1.807, 2.05) is 16.8 Å². The Morgan fingerprint density at radius 1 is 1.14 bits per heavy atom. The lowest BCUT2D eigenvalue weighted by Gasteiger charge is -2.47. The predicted octanol–water partition coefficient (Wildman–Crippen LogP) is 2.29. The third-order valence-corrected chi connectivity index (χ3v) is 7.10. The van der Waals surface area contributed by atoms with Crippen LogP contribution in [-0.2, 0) is 12.0 Å². The number of aromatic nitrogens is 2. The first kappa shape index (κ1) is 18.1. The quantitative estimate of drug-likeness (QED) is 0.890. The molecule has 148 valence electrons. The third kappa shape index (κ3) is 3.20. The number of piperidine rings is 2. The van der Waals surface area contributed by atoms with E-state index in [-0.39, 0.29) is 11.0 Å². The lowest BCUT2D eigenvalue weighted by molar-refractivity contribution is 0.0847. The van der Waals surface area contributed by atoms with Crippen molar-refractivity contribution in [3.8, 4) is 0 Å². The molecular weight excluding hydrogens is 348 g/mol. The van der Waals surface area contributed by atoms with E-state index in [1.54, 1.807) is 6.07 Å². The highest BCUT2D eigenvalue weighted by molar-refractivity contribution is 5.23. The number of hydrogen-bond donors (Lipinski definition) is 1. The number of fused-ring (bicyclic) bond motifs is 4. The first-order valence-corrected chi connectivity index (χ1v) is 10.7. The fraction of sp³-hybridized carbons (Fsp3) is 0.565. The Morgan fingerprint density at radius 2 is 2.00 bits per heavy atom. The third-order valence-electron chi connectivity index (χ3n) is 7.10. The van der Waals surface area contributed by atoms with Crippen LogP contribution in [-0.4, -0.2) is 47.2 Å². The lowest BCUT2D eigenvalue weighted by Crippen LogP contribution is -2.53. The molecule has 3 aliphatic rings. The summed E-state index contributed by atoms with van der Waals surface area (Å²) in [6.45, 7) is 8.34. The van der Waals surface area contributed by atoms with Crippen molar-refractivity contribution in [3.63, 3.8) is 0 Å². The second kappa shape index (κ2) is 7.12. The van der Waals surface area contributed by atoms with Crippen LogP contribution >= 0.6 is 0 Å². The van der Waals surface area contributed by atoms with Crippen molar-refractivity contribution in [2.24, 2.45) is 5.92 Å². The molecule has 0 spiro atoms. The first-order valence-electron chi connectivity index (χ1n) is 10.7. The molecule has 2 aromatic heterocycles. The Kier molecular flexibility index (Phi) is 4.60. The largest absolute Gasteiger partial charge is 0.317 e. The maximum absolute atomic E-state index is 12.3. The number of nitrogens with one attached hydrogen (secondary N) is 1. The lowest BCUT2D eigenvalue weighted by atomic mass is 9.74. The number of pyridine rings is 2. The zero-order valence-electron chi connectivity index (χ0n) is 16.7. The Labute approximate surface area is 166 Å². The number of rotatable bonds is 3. The van der Waals surface area contributed by atoms with Crippen LogP contribution in [0.15, 0.2) is 41.3 Å². The van der Waals surface area contributed by atoms with Gasteiger partial charge < -0.3 is 14.8 Å². The fourth-order valence-corrected chi connectivity index (χ4v) is 5.73. The molecule has 5 nitrogen and oxygen atoms in total. The summed E-state index contributed by atoms with van der Waals surface area (Å²) >= 11 is 0. The van der Waals surface area contributed by atoms with Crippen molar-refractivity contribution in [2.75, 3.05) is 32.7 Å². The van der Waals surface area contributed by atoms with E-state index in [0.29, 0.717) is 11.8 Å². The smallest absolute Gasteiger partial charge is 0.250 e. The van der Waals surface area contributed by atoms with Gasteiger partial charge in [0.15, 0.2) is 0 Å². The van der Waals surface area contributed by atoms with Gasteiger partial charge in [-0.15, -0.1) is 0 Å². The number of likely N-dealkylation sites (tertiary alicyclic amines) is 1. The molecule has 0 aromatic carbocycles. The van der Waals surface area contributed by atoms with Crippen LogP contribution in [0.25, 0.3) is 0 Å². The van der Waals surface area contributed by atoms with E-state index in [9.17, 15) is 4.79 Å². The van der Waals surface area contributed by atoms with Crippen LogP contribution in [0.3, 0.4) is 0 Å². The molecule has 1 N–H and O–H groups in total. The maximum Gasteiger partial charge on any atom is 0.250 e. The van der Waals surface area contributed by atoms with E-state index < -0.39 is 0 Å². The first-order chi connectivity index (χ1) is 13.6. The van der Waals surface area contributed by atoms with Crippen molar-refractivity contribution in [1.82, 2.24) is 19.8 Å². The SMILES string of the molecule is Cc1ccc(C2(CN3C[C@@H]4C[C@H](C3)c3cccc(=O)n3C4)CCNCC2)nc1. The summed E-state index contributed by atoms with van der Waals surface area (Å²) in [5.74, 6) is 1.06. The maximum atomic E-state index is 12.3. The van der Waals surface area contributed by atoms with Gasteiger partial charge in [-0.1, -0.05) is 12.1 Å². The topological polar surface area (TPSA) is 50.2 Å². The van der Waals surface area contributed by atoms with E-state index >= 15 is 0 Å². The average Bonchev–Trinajstić information content (AvgIpc) is 2.70. The van der Waals surface area contributed by atoms with Crippen molar-refractivity contribution in [1.29, 1.82) is 0 Å². The summed E-state index contributed by atoms with van der Waals surface area (Å²) in [5, 5.41) is 3.53. The zero-order valence-corrected chi connectivity index (χ0v) is 16.7. The predicted molar refractivity (Wildman–Crippen MR) is 111 cm³/mol. The van der Waals surface area contributed by atoms with E-state index in [4.69, 9.17) is 4.98 Å². The zero-order chi connectivity index (χ0) is 19.1. The molecule has 2 atom stereocenters. The molecule has 0 saturated carbocycles. The van der Waals surface area contributed by atoms with Crippen LogP contribution in [0.2, 0.25) is 0 Å². The summed E-state index contributed by atoms with van der Waals surface area (Å²) in [5.41, 5.74) is 4.02. The molecule has 28 heavy (non-hydrogen) atoms. The van der Waals surface area contributed by atoms with E-state index in [2.05, 4.69) is 35.3 Å². The molecule has 2 aromatic rings. The molecule has 5 heterocycles. The highest BCUT2D eigenvalue weighted by Gasteiger charge is 2.41. The van der Waals surface area contributed by atoms with E-state index in [1.165, 1.54) is 23.4 Å². The second-order valence-corrected chi connectivity index (χ2v) is 9.14. The van der Waals surface area contributed by atoms with Gasteiger partial charge in [0.2, 0.25) is 0 Å². The molecular formula is C23H30N4O. The van der Waals surface area contributed by atoms with Crippen LogP contribution in [0.5, 0.6) is 0 Å². The summed E-state index contributed by atoms with van der Waals surface area (Å²) in [6, 6.07) is 10.3. The monoisotopic (exact) mass is 378 g/mol. The molecule has 0 aliphatic carbocycles. The highest BCUT2D eigenvalue weighted by atomic mass is 16.1. The highest BCUT2D eigenvalue weighted by Crippen LogP contribution is 2.39. The molecule has 5 rings (SSSR count). The number of nitrogens with zero attached hydrogens (tertiary/aromatic N) is 3. The average molecular weight is 379 g/mol. The summed E-state index contributed by atoms with van der Waals surface area (Å²) in [7, 11) is 0. The van der Waals surface area contributed by atoms with Gasteiger partial charge in [-0.3, -0.25) is 9.78 Å². The van der Waals surface area contributed by atoms with Gasteiger partial charge in [-0.2, -0.15) is 0 Å². The Bertz CT molecular complexity index is 898. The number of aryl methyl sites for hydroxylation is 1. The van der Waals surface area contributed by atoms with Crippen molar-refractivity contribution < 1.29 is 0 Å². The van der Waals surface area contributed by atoms with Gasteiger partial charge in [-0.05, 0) is 62.9 Å². The minimum absolute atomic E-state index is 0.140. The second-order valence-electron chi connectivity index (χ2n) is 9.14. The fourth-order valence-electron chi connectivity index (χ4n) is 5.73. The van der Waals surface area contributed by atoms with E-state index in [0.717, 1.165) is 52.1 Å². The normalized spacial score (nSPS) is 26.6. The van der Waals surface area contributed by atoms with Gasteiger partial charge in [0, 0.05) is 61.2 Å². The summed E-state index contributed by atoms with van der Waals surface area (Å²) < 4.78 is 2.03. The Morgan fingerprint density at radius 3 is 2.79 bits per heavy atom. The Balaban J connectivity index is 1.42. The minimum atomic E-state index is 0.140. The molecule has 2 bridgehead atoms. The van der Waals surface area contributed by atoms with Crippen molar-refractivity contribution in [3.05, 3.63) is 63.8 Å². The van der Waals surface area contributed by atoms with Gasteiger partial charge >= 0.3 is 0 Å². The van der Waals surface area contributed by atoms with Crippen molar-refractivity contribution >= 4 is 0 Å². The Hall–Kier alpha value is -1.98. The molecule has 2 saturated heterocycles. The van der Waals surface area contributed by atoms with Gasteiger partial charge in [-0.25, -0.2) is 0 Å². The molecule has 0 unspecified atom stereocenters. The number of hydrogen-bond acceptors (Lipinski definition) is 4. The van der Waals surface area contributed by atoms with Crippen LogP contribution in [0.1, 0.15) is 42.1 Å². The summed E-state index contributed by atoms with van der Waals surface area (Å²) in [6.07, 6.45) is 5.53. The van der Waals surface area contributed by atoms with Crippen LogP contribution in [0, 0.1) is 12.8 Å². The van der Waals surface area contributed by atoms with Crippen molar-refractivity contribution in [2.45, 2.75) is 44.1 Å². The molecule has 0 radical (unpaired) electrons. The molecule has 2 fully saturated rings. The standard InChI is InChI=1S/C23H30N4O/c1-17-5-6-21(25-12-17)23(7-9-24-10-8-23)16-26-13-18-11-19(15-26)20-3-2-4-22(28)27(20)14-18/h2-6,12,18-19,24H,7-11,13-16H2,1H3/t18-,19+/m0/s1. The molecule has 3 aliphatic heterocycles. The van der Waals surface area contributed by atoms with Crippen LogP contribution < -0.4 is 10.9 Å².